The lowest BCUT2D eigenvalue weighted by molar-refractivity contribution is 0.760. The number of nitrogens with one attached hydrogen (secondary N) is 1. The molecule has 1 aromatic rings. The minimum atomic E-state index is 0.407. The normalized spacial score (nSPS) is 12.5. The quantitative estimate of drug-likeness (QED) is 0.770. The maximum absolute atomic E-state index is 6.10. The Bertz CT molecular complexity index is 347. The monoisotopic (exact) mass is 273 g/mol. The van der Waals surface area contributed by atoms with Crippen molar-refractivity contribution >= 4 is 29.2 Å². The predicted octanol–water partition coefficient (Wildman–Crippen LogP) is 3.64. The first kappa shape index (κ1) is 14.6. The Morgan fingerprint density at radius 3 is 2.88 bits per heavy atom. The third-order valence-corrected chi connectivity index (χ3v) is 3.50. The molecule has 0 aliphatic heterocycles. The molecule has 1 heterocycles. The molecule has 0 saturated heterocycles. The number of halogens is 1. The highest BCUT2D eigenvalue weighted by atomic mass is 35.5. The van der Waals surface area contributed by atoms with Crippen molar-refractivity contribution in [2.24, 2.45) is 0 Å². The summed E-state index contributed by atoms with van der Waals surface area (Å²) in [4.78, 5) is 8.33. The van der Waals surface area contributed by atoms with Crippen LogP contribution in [0.5, 0.6) is 0 Å². The number of aromatic nitrogens is 2. The zero-order valence-electron chi connectivity index (χ0n) is 10.7. The van der Waals surface area contributed by atoms with Crippen molar-refractivity contribution in [3.63, 3.8) is 0 Å². The minimum Gasteiger partial charge on any atom is -0.367 e. The summed E-state index contributed by atoms with van der Waals surface area (Å²) in [6, 6.07) is 0.407. The van der Waals surface area contributed by atoms with E-state index in [-0.39, 0.29) is 0 Å². The van der Waals surface area contributed by atoms with Crippen LogP contribution >= 0.6 is 23.4 Å². The molecule has 5 heteroatoms. The summed E-state index contributed by atoms with van der Waals surface area (Å²) in [5.41, 5.74) is 1.03. The molecular weight excluding hydrogens is 254 g/mol. The summed E-state index contributed by atoms with van der Waals surface area (Å²) < 4.78 is 0. The summed E-state index contributed by atoms with van der Waals surface area (Å²) in [5, 5.41) is 3.99. The van der Waals surface area contributed by atoms with E-state index in [2.05, 4.69) is 35.4 Å². The molecule has 3 nitrogen and oxygen atoms in total. The van der Waals surface area contributed by atoms with Gasteiger partial charge in [-0.05, 0) is 31.8 Å². The Hall–Kier alpha value is -0.480. The molecule has 0 aliphatic carbocycles. The Labute approximate surface area is 113 Å². The second-order valence-corrected chi connectivity index (χ2v) is 5.41. The molecule has 1 rings (SSSR count). The Kier molecular flexibility index (Phi) is 6.66. The lowest BCUT2D eigenvalue weighted by Crippen LogP contribution is -2.18. The predicted molar refractivity (Wildman–Crippen MR) is 77.1 cm³/mol. The average molecular weight is 274 g/mol. The molecular formula is C12H20ClN3S. The van der Waals surface area contributed by atoms with E-state index >= 15 is 0 Å². The van der Waals surface area contributed by atoms with Gasteiger partial charge in [0.05, 0.1) is 0 Å². The zero-order valence-corrected chi connectivity index (χ0v) is 12.2. The fraction of sp³-hybridized carbons (Fsp3) is 0.667. The number of nitrogens with zero attached hydrogens (tertiary/aromatic N) is 2. The highest BCUT2D eigenvalue weighted by Gasteiger charge is 2.11. The smallest absolute Gasteiger partial charge is 0.137 e. The van der Waals surface area contributed by atoms with Crippen LogP contribution in [0.25, 0.3) is 0 Å². The van der Waals surface area contributed by atoms with Gasteiger partial charge in [0, 0.05) is 11.6 Å². The van der Waals surface area contributed by atoms with Gasteiger partial charge in [0.15, 0.2) is 0 Å². The van der Waals surface area contributed by atoms with Gasteiger partial charge in [0.1, 0.15) is 17.3 Å². The Morgan fingerprint density at radius 1 is 1.47 bits per heavy atom. The summed E-state index contributed by atoms with van der Waals surface area (Å²) in [6.45, 7) is 4.30. The number of anilines is 1. The summed E-state index contributed by atoms with van der Waals surface area (Å²) in [5.74, 6) is 2.04. The van der Waals surface area contributed by atoms with Crippen molar-refractivity contribution < 1.29 is 0 Å². The maximum atomic E-state index is 6.10. The second-order valence-electron chi connectivity index (χ2n) is 4.07. The van der Waals surface area contributed by atoms with Crippen LogP contribution in [0.4, 0.5) is 5.82 Å². The SMILES string of the molecule is CCCc1c(Cl)ncnc1NC(C)CCSC. The van der Waals surface area contributed by atoms with Gasteiger partial charge in [0.25, 0.3) is 0 Å². The van der Waals surface area contributed by atoms with Crippen molar-refractivity contribution in [2.75, 3.05) is 17.3 Å². The molecule has 0 saturated carbocycles. The van der Waals surface area contributed by atoms with Crippen molar-refractivity contribution in [1.29, 1.82) is 0 Å². The van der Waals surface area contributed by atoms with Crippen molar-refractivity contribution in [3.8, 4) is 0 Å². The van der Waals surface area contributed by atoms with Gasteiger partial charge in [-0.2, -0.15) is 11.8 Å². The molecule has 0 aromatic carbocycles. The Morgan fingerprint density at radius 2 is 2.24 bits per heavy atom. The van der Waals surface area contributed by atoms with E-state index in [1.54, 1.807) is 0 Å². The first-order chi connectivity index (χ1) is 8.19. The van der Waals surface area contributed by atoms with E-state index in [4.69, 9.17) is 11.6 Å². The van der Waals surface area contributed by atoms with E-state index in [0.717, 1.165) is 36.4 Å². The standard InChI is InChI=1S/C12H20ClN3S/c1-4-5-10-11(13)14-8-15-12(10)16-9(2)6-7-17-3/h8-9H,4-7H2,1-3H3,(H,14,15,16). The van der Waals surface area contributed by atoms with E-state index in [0.29, 0.717) is 11.2 Å². The van der Waals surface area contributed by atoms with Crippen LogP contribution in [0.3, 0.4) is 0 Å². The molecule has 0 amide bonds. The van der Waals surface area contributed by atoms with Gasteiger partial charge in [-0.15, -0.1) is 0 Å². The van der Waals surface area contributed by atoms with Crippen molar-refractivity contribution in [3.05, 3.63) is 17.0 Å². The number of thioether (sulfide) groups is 1. The molecule has 1 atom stereocenters. The van der Waals surface area contributed by atoms with Gasteiger partial charge in [-0.25, -0.2) is 9.97 Å². The van der Waals surface area contributed by atoms with Gasteiger partial charge in [-0.3, -0.25) is 0 Å². The van der Waals surface area contributed by atoms with E-state index < -0.39 is 0 Å². The summed E-state index contributed by atoms with van der Waals surface area (Å²) in [6.07, 6.45) is 6.72. The highest BCUT2D eigenvalue weighted by molar-refractivity contribution is 7.98. The van der Waals surface area contributed by atoms with Crippen LogP contribution < -0.4 is 5.32 Å². The molecule has 0 bridgehead atoms. The largest absolute Gasteiger partial charge is 0.367 e. The van der Waals surface area contributed by atoms with E-state index in [1.807, 2.05) is 11.8 Å². The average Bonchev–Trinajstić information content (AvgIpc) is 2.31. The molecule has 96 valence electrons. The van der Waals surface area contributed by atoms with Crippen molar-refractivity contribution in [1.82, 2.24) is 9.97 Å². The van der Waals surface area contributed by atoms with E-state index in [9.17, 15) is 0 Å². The maximum Gasteiger partial charge on any atom is 0.137 e. The molecule has 0 aliphatic rings. The van der Waals surface area contributed by atoms with E-state index in [1.165, 1.54) is 6.33 Å². The second kappa shape index (κ2) is 7.77. The molecule has 0 radical (unpaired) electrons. The van der Waals surface area contributed by atoms with Gasteiger partial charge >= 0.3 is 0 Å². The third-order valence-electron chi connectivity index (χ3n) is 2.53. The van der Waals surface area contributed by atoms with Crippen molar-refractivity contribution in [2.45, 2.75) is 39.2 Å². The highest BCUT2D eigenvalue weighted by Crippen LogP contribution is 2.22. The molecule has 0 spiro atoms. The topological polar surface area (TPSA) is 37.8 Å². The third kappa shape index (κ3) is 4.72. The van der Waals surface area contributed by atoms with Crippen LogP contribution in [0.1, 0.15) is 32.3 Å². The van der Waals surface area contributed by atoms with Gasteiger partial charge < -0.3 is 5.32 Å². The van der Waals surface area contributed by atoms with Gasteiger partial charge in [-0.1, -0.05) is 24.9 Å². The Balaban J connectivity index is 2.72. The first-order valence-electron chi connectivity index (χ1n) is 5.93. The number of rotatable bonds is 7. The van der Waals surface area contributed by atoms with Crippen LogP contribution in [0, 0.1) is 0 Å². The molecule has 0 fully saturated rings. The van der Waals surface area contributed by atoms with Crippen LogP contribution in [0.2, 0.25) is 5.15 Å². The fourth-order valence-corrected chi connectivity index (χ4v) is 2.40. The van der Waals surface area contributed by atoms with Gasteiger partial charge in [0.2, 0.25) is 0 Å². The summed E-state index contributed by atoms with van der Waals surface area (Å²) in [7, 11) is 0. The fourth-order valence-electron chi connectivity index (χ4n) is 1.59. The lowest BCUT2D eigenvalue weighted by Gasteiger charge is -2.16. The number of hydrogen-bond donors (Lipinski definition) is 1. The number of hydrogen-bond acceptors (Lipinski definition) is 4. The lowest BCUT2D eigenvalue weighted by atomic mass is 10.1. The molecule has 17 heavy (non-hydrogen) atoms. The zero-order chi connectivity index (χ0) is 12.7. The van der Waals surface area contributed by atoms with Crippen LogP contribution in [-0.4, -0.2) is 28.0 Å². The van der Waals surface area contributed by atoms with Crippen LogP contribution in [0.15, 0.2) is 6.33 Å². The molecule has 1 unspecified atom stereocenters. The van der Waals surface area contributed by atoms with Crippen LogP contribution in [-0.2, 0) is 6.42 Å². The summed E-state index contributed by atoms with van der Waals surface area (Å²) >= 11 is 7.96. The molecule has 1 N–H and O–H groups in total. The minimum absolute atomic E-state index is 0.407. The molecule has 1 aromatic heterocycles. The first-order valence-corrected chi connectivity index (χ1v) is 7.71.